The highest BCUT2D eigenvalue weighted by molar-refractivity contribution is 8.01. The van der Waals surface area contributed by atoms with Crippen LogP contribution in [0, 0.1) is 6.92 Å². The van der Waals surface area contributed by atoms with E-state index in [2.05, 4.69) is 20.8 Å². The summed E-state index contributed by atoms with van der Waals surface area (Å²) >= 11 is 3.11. The highest BCUT2D eigenvalue weighted by Crippen LogP contribution is 2.25. The highest BCUT2D eigenvalue weighted by Gasteiger charge is 2.06. The summed E-state index contributed by atoms with van der Waals surface area (Å²) in [5.41, 5.74) is 0.603. The molecule has 1 aromatic heterocycles. The number of rotatable bonds is 7. The summed E-state index contributed by atoms with van der Waals surface area (Å²) in [4.78, 5) is 11.9. The number of urea groups is 1. The van der Waals surface area contributed by atoms with Gasteiger partial charge < -0.3 is 20.1 Å². The number of aromatic nitrogens is 2. The topological polar surface area (TPSA) is 85.4 Å². The number of ether oxygens (including phenoxy) is 2. The van der Waals surface area contributed by atoms with Crippen LogP contribution in [0.2, 0.25) is 0 Å². The molecule has 2 aromatic rings. The fraction of sp³-hybridized carbons (Fsp3) is 0.357. The third kappa shape index (κ3) is 5.61. The fourth-order valence-corrected chi connectivity index (χ4v) is 3.44. The van der Waals surface area contributed by atoms with Crippen molar-refractivity contribution in [1.82, 2.24) is 15.5 Å². The van der Waals surface area contributed by atoms with E-state index in [9.17, 15) is 4.79 Å². The van der Waals surface area contributed by atoms with Crippen molar-refractivity contribution >= 4 is 34.8 Å². The van der Waals surface area contributed by atoms with Crippen LogP contribution in [0.15, 0.2) is 22.5 Å². The Labute approximate surface area is 142 Å². The van der Waals surface area contributed by atoms with Crippen molar-refractivity contribution in [2.24, 2.45) is 0 Å². The Morgan fingerprint density at radius 1 is 1.22 bits per heavy atom. The zero-order chi connectivity index (χ0) is 16.7. The molecule has 0 aliphatic carbocycles. The van der Waals surface area contributed by atoms with E-state index in [1.54, 1.807) is 55.5 Å². The molecule has 2 rings (SSSR count). The molecule has 1 aromatic carbocycles. The maximum absolute atomic E-state index is 11.9. The maximum Gasteiger partial charge on any atom is 0.319 e. The summed E-state index contributed by atoms with van der Waals surface area (Å²) in [6, 6.07) is 4.90. The highest BCUT2D eigenvalue weighted by atomic mass is 32.2. The standard InChI is InChI=1S/C14H18N4O3S2/c1-9-17-18-14(23-9)22-5-4-15-13(19)16-10-6-11(20-2)8-12(7-10)21-3/h6-8H,4-5H2,1-3H3,(H2,15,16,19). The van der Waals surface area contributed by atoms with Crippen LogP contribution in [-0.2, 0) is 0 Å². The van der Waals surface area contributed by atoms with Crippen LogP contribution in [0.3, 0.4) is 0 Å². The molecule has 0 saturated carbocycles. The molecular formula is C14H18N4O3S2. The number of carbonyl (C=O) groups is 1. The first-order valence-electron chi connectivity index (χ1n) is 6.81. The Hall–Kier alpha value is -2.00. The van der Waals surface area contributed by atoms with Gasteiger partial charge in [-0.3, -0.25) is 0 Å². The number of thioether (sulfide) groups is 1. The van der Waals surface area contributed by atoms with Crippen LogP contribution in [0.4, 0.5) is 10.5 Å². The van der Waals surface area contributed by atoms with Crippen molar-refractivity contribution in [3.63, 3.8) is 0 Å². The first kappa shape index (κ1) is 17.4. The van der Waals surface area contributed by atoms with E-state index < -0.39 is 0 Å². The number of nitrogens with zero attached hydrogens (tertiary/aromatic N) is 2. The molecule has 23 heavy (non-hydrogen) atoms. The van der Waals surface area contributed by atoms with Crippen molar-refractivity contribution < 1.29 is 14.3 Å². The quantitative estimate of drug-likeness (QED) is 0.587. The van der Waals surface area contributed by atoms with Gasteiger partial charge in [-0.25, -0.2) is 4.79 Å². The lowest BCUT2D eigenvalue weighted by atomic mass is 10.3. The molecule has 0 bridgehead atoms. The molecule has 0 spiro atoms. The normalized spacial score (nSPS) is 10.2. The number of hydrogen-bond donors (Lipinski definition) is 2. The van der Waals surface area contributed by atoms with Crippen LogP contribution in [0.25, 0.3) is 0 Å². The van der Waals surface area contributed by atoms with E-state index in [4.69, 9.17) is 9.47 Å². The molecule has 0 fully saturated rings. The predicted octanol–water partition coefficient (Wildman–Crippen LogP) is 2.78. The number of carbonyl (C=O) groups excluding carboxylic acids is 1. The zero-order valence-corrected chi connectivity index (χ0v) is 14.7. The molecule has 0 aliphatic rings. The molecule has 0 unspecified atom stereocenters. The monoisotopic (exact) mass is 354 g/mol. The summed E-state index contributed by atoms with van der Waals surface area (Å²) < 4.78 is 11.2. The van der Waals surface area contributed by atoms with Crippen LogP contribution in [0.5, 0.6) is 11.5 Å². The predicted molar refractivity (Wildman–Crippen MR) is 91.9 cm³/mol. The Morgan fingerprint density at radius 3 is 2.48 bits per heavy atom. The van der Waals surface area contributed by atoms with Gasteiger partial charge in [0.15, 0.2) is 4.34 Å². The second kappa shape index (κ2) is 8.59. The third-order valence-corrected chi connectivity index (χ3v) is 4.70. The van der Waals surface area contributed by atoms with Crippen LogP contribution < -0.4 is 20.1 Å². The van der Waals surface area contributed by atoms with Crippen LogP contribution in [-0.4, -0.2) is 42.7 Å². The van der Waals surface area contributed by atoms with Gasteiger partial charge in [0.2, 0.25) is 0 Å². The smallest absolute Gasteiger partial charge is 0.319 e. The Kier molecular flexibility index (Phi) is 6.48. The molecule has 1 heterocycles. The molecule has 0 aliphatic heterocycles. The third-order valence-electron chi connectivity index (χ3n) is 2.73. The van der Waals surface area contributed by atoms with Crippen molar-refractivity contribution in [3.8, 4) is 11.5 Å². The van der Waals surface area contributed by atoms with Crippen LogP contribution in [0.1, 0.15) is 5.01 Å². The lowest BCUT2D eigenvalue weighted by molar-refractivity contribution is 0.252. The molecular weight excluding hydrogens is 336 g/mol. The van der Waals surface area contributed by atoms with E-state index >= 15 is 0 Å². The van der Waals surface area contributed by atoms with Gasteiger partial charge in [0.25, 0.3) is 0 Å². The Balaban J connectivity index is 1.78. The van der Waals surface area contributed by atoms with Gasteiger partial charge in [0.1, 0.15) is 16.5 Å². The second-order valence-corrected chi connectivity index (χ2v) is 6.94. The summed E-state index contributed by atoms with van der Waals surface area (Å²) in [6.07, 6.45) is 0. The first-order valence-corrected chi connectivity index (χ1v) is 8.61. The first-order chi connectivity index (χ1) is 11.1. The minimum absolute atomic E-state index is 0.283. The van der Waals surface area contributed by atoms with Gasteiger partial charge in [-0.1, -0.05) is 23.1 Å². The van der Waals surface area contributed by atoms with Gasteiger partial charge in [0.05, 0.1) is 14.2 Å². The molecule has 2 N–H and O–H groups in total. The number of hydrogen-bond acceptors (Lipinski definition) is 7. The number of anilines is 1. The molecule has 9 heteroatoms. The lowest BCUT2D eigenvalue weighted by Gasteiger charge is -2.10. The molecule has 0 radical (unpaired) electrons. The molecule has 0 atom stereocenters. The minimum Gasteiger partial charge on any atom is -0.497 e. The fourth-order valence-electron chi connectivity index (χ4n) is 1.69. The van der Waals surface area contributed by atoms with Gasteiger partial charge in [-0.2, -0.15) is 0 Å². The molecule has 2 amide bonds. The van der Waals surface area contributed by atoms with Gasteiger partial charge in [-0.15, -0.1) is 10.2 Å². The summed E-state index contributed by atoms with van der Waals surface area (Å²) in [5, 5.41) is 14.4. The van der Waals surface area contributed by atoms with E-state index in [0.717, 1.165) is 15.1 Å². The number of aryl methyl sites for hydroxylation is 1. The van der Waals surface area contributed by atoms with E-state index in [0.29, 0.717) is 23.7 Å². The van der Waals surface area contributed by atoms with Crippen molar-refractivity contribution in [3.05, 3.63) is 23.2 Å². The van der Waals surface area contributed by atoms with Gasteiger partial charge in [-0.05, 0) is 6.92 Å². The van der Waals surface area contributed by atoms with E-state index in [1.165, 1.54) is 0 Å². The maximum atomic E-state index is 11.9. The average molecular weight is 354 g/mol. The summed E-state index contributed by atoms with van der Waals surface area (Å²) in [5.74, 6) is 1.95. The van der Waals surface area contributed by atoms with Crippen molar-refractivity contribution in [2.45, 2.75) is 11.3 Å². The average Bonchev–Trinajstić information content (AvgIpc) is 2.96. The van der Waals surface area contributed by atoms with Gasteiger partial charge >= 0.3 is 6.03 Å². The SMILES string of the molecule is COc1cc(NC(=O)NCCSc2nnc(C)s2)cc(OC)c1. The summed E-state index contributed by atoms with van der Waals surface area (Å²) in [6.45, 7) is 2.44. The molecule has 0 saturated heterocycles. The van der Waals surface area contributed by atoms with Gasteiger partial charge in [0, 0.05) is 36.2 Å². The lowest BCUT2D eigenvalue weighted by Crippen LogP contribution is -2.30. The van der Waals surface area contributed by atoms with E-state index in [1.807, 2.05) is 6.92 Å². The number of nitrogens with one attached hydrogen (secondary N) is 2. The van der Waals surface area contributed by atoms with Crippen molar-refractivity contribution in [1.29, 1.82) is 0 Å². The molecule has 124 valence electrons. The second-order valence-electron chi connectivity index (χ2n) is 4.42. The van der Waals surface area contributed by atoms with Crippen LogP contribution >= 0.6 is 23.1 Å². The Bertz CT molecular complexity index is 641. The van der Waals surface area contributed by atoms with Crippen molar-refractivity contribution in [2.75, 3.05) is 31.8 Å². The Morgan fingerprint density at radius 2 is 1.91 bits per heavy atom. The largest absolute Gasteiger partial charge is 0.497 e. The zero-order valence-electron chi connectivity index (χ0n) is 13.1. The van der Waals surface area contributed by atoms with E-state index in [-0.39, 0.29) is 6.03 Å². The summed E-state index contributed by atoms with van der Waals surface area (Å²) in [7, 11) is 3.12. The molecule has 7 nitrogen and oxygen atoms in total. The minimum atomic E-state index is -0.283. The number of benzene rings is 1. The number of amides is 2. The number of methoxy groups -OCH3 is 2.